The van der Waals surface area contributed by atoms with E-state index in [1.165, 1.54) is 0 Å². The van der Waals surface area contributed by atoms with Crippen molar-refractivity contribution in [3.8, 4) is 0 Å². The molecule has 4 nitrogen and oxygen atoms in total. The third-order valence-electron chi connectivity index (χ3n) is 3.29. The maximum atomic E-state index is 5.63. The molecule has 22 heavy (non-hydrogen) atoms. The second-order valence-corrected chi connectivity index (χ2v) is 12.8. The lowest BCUT2D eigenvalue weighted by Gasteiger charge is -2.25. The van der Waals surface area contributed by atoms with Gasteiger partial charge < -0.3 is 17.7 Å². The molecule has 0 bridgehead atoms. The van der Waals surface area contributed by atoms with E-state index in [2.05, 4.69) is 6.55 Å². The SMILES string of the molecule is CCO[Si](C)(CCCCl)OCC.CO[Si](C)(CCCCl)OC. The molecule has 0 aromatic rings. The van der Waals surface area contributed by atoms with Crippen LogP contribution in [0.5, 0.6) is 0 Å². The number of rotatable bonds is 12. The van der Waals surface area contributed by atoms with E-state index in [1.54, 1.807) is 14.2 Å². The van der Waals surface area contributed by atoms with Gasteiger partial charge in [0.15, 0.2) is 0 Å². The Balaban J connectivity index is 0. The Morgan fingerprint density at radius 3 is 1.36 bits per heavy atom. The Kier molecular flexibility index (Phi) is 17.6. The molecular weight excluding hydrogens is 359 g/mol. The maximum Gasteiger partial charge on any atom is 0.334 e. The van der Waals surface area contributed by atoms with Crippen LogP contribution in [0, 0.1) is 0 Å². The van der Waals surface area contributed by atoms with Gasteiger partial charge in [0, 0.05) is 39.2 Å². The molecule has 0 rings (SSSR count). The normalized spacial score (nSPS) is 12.0. The van der Waals surface area contributed by atoms with Crippen LogP contribution in [0.15, 0.2) is 0 Å². The van der Waals surface area contributed by atoms with Crippen molar-refractivity contribution in [2.24, 2.45) is 0 Å². The summed E-state index contributed by atoms with van der Waals surface area (Å²) in [6.45, 7) is 9.64. The summed E-state index contributed by atoms with van der Waals surface area (Å²) < 4.78 is 21.8. The molecule has 0 heterocycles. The zero-order valence-corrected chi connectivity index (χ0v) is 18.6. The Labute approximate surface area is 149 Å². The van der Waals surface area contributed by atoms with Crippen molar-refractivity contribution in [3.63, 3.8) is 0 Å². The quantitative estimate of drug-likeness (QED) is 0.354. The highest BCUT2D eigenvalue weighted by molar-refractivity contribution is 6.66. The van der Waals surface area contributed by atoms with Crippen LogP contribution in [0.2, 0.25) is 25.2 Å². The number of hydrogen-bond donors (Lipinski definition) is 0. The average molecular weight is 394 g/mol. The molecule has 0 saturated carbocycles. The van der Waals surface area contributed by atoms with Crippen LogP contribution >= 0.6 is 23.2 Å². The molecule has 8 heteroatoms. The average Bonchev–Trinajstić information content (AvgIpc) is 2.52. The Hall–Kier alpha value is 0.854. The number of alkyl halides is 2. The Morgan fingerprint density at radius 2 is 1.09 bits per heavy atom. The first-order valence-electron chi connectivity index (χ1n) is 7.87. The maximum absolute atomic E-state index is 5.63. The fourth-order valence-electron chi connectivity index (χ4n) is 1.86. The van der Waals surface area contributed by atoms with Gasteiger partial charge in [-0.2, -0.15) is 0 Å². The van der Waals surface area contributed by atoms with Gasteiger partial charge in [-0.25, -0.2) is 0 Å². The van der Waals surface area contributed by atoms with Crippen LogP contribution in [-0.2, 0) is 17.7 Å². The summed E-state index contributed by atoms with van der Waals surface area (Å²) in [6.07, 6.45) is 1.97. The number of hydrogen-bond acceptors (Lipinski definition) is 4. The molecule has 0 saturated heterocycles. The minimum Gasteiger partial charge on any atom is -0.398 e. The van der Waals surface area contributed by atoms with Crippen molar-refractivity contribution >= 4 is 40.3 Å². The molecule has 0 unspecified atom stereocenters. The minimum atomic E-state index is -1.85. The summed E-state index contributed by atoms with van der Waals surface area (Å²) in [5.41, 5.74) is 0. The van der Waals surface area contributed by atoms with E-state index in [9.17, 15) is 0 Å². The monoisotopic (exact) mass is 392 g/mol. The van der Waals surface area contributed by atoms with Crippen molar-refractivity contribution in [2.75, 3.05) is 39.2 Å². The molecule has 0 aliphatic carbocycles. The molecule has 0 aromatic carbocycles. The third kappa shape index (κ3) is 13.3. The molecule has 0 atom stereocenters. The third-order valence-corrected chi connectivity index (χ3v) is 9.88. The molecule has 0 aliphatic rings. The molecule has 0 fully saturated rings. The van der Waals surface area contributed by atoms with Crippen molar-refractivity contribution in [3.05, 3.63) is 0 Å². The summed E-state index contributed by atoms with van der Waals surface area (Å²) in [5.74, 6) is 1.39. The van der Waals surface area contributed by atoms with Gasteiger partial charge in [0.2, 0.25) is 0 Å². The van der Waals surface area contributed by atoms with Gasteiger partial charge >= 0.3 is 17.1 Å². The van der Waals surface area contributed by atoms with Crippen LogP contribution in [-0.4, -0.2) is 56.3 Å². The van der Waals surface area contributed by atoms with Crippen molar-refractivity contribution < 1.29 is 17.7 Å². The van der Waals surface area contributed by atoms with Gasteiger partial charge in [0.05, 0.1) is 0 Å². The summed E-state index contributed by atoms with van der Waals surface area (Å²) in [7, 11) is -0.261. The van der Waals surface area contributed by atoms with E-state index in [4.69, 9.17) is 40.9 Å². The lowest BCUT2D eigenvalue weighted by atomic mass is 10.6. The van der Waals surface area contributed by atoms with Gasteiger partial charge in [-0.05, 0) is 51.9 Å². The molecule has 0 N–H and O–H groups in total. The van der Waals surface area contributed by atoms with Gasteiger partial charge in [-0.15, -0.1) is 23.2 Å². The zero-order chi connectivity index (χ0) is 17.5. The topological polar surface area (TPSA) is 36.9 Å². The van der Waals surface area contributed by atoms with Gasteiger partial charge in [0.1, 0.15) is 0 Å². The van der Waals surface area contributed by atoms with E-state index in [-0.39, 0.29) is 0 Å². The first kappa shape index (κ1) is 25.1. The van der Waals surface area contributed by atoms with Gasteiger partial charge in [-0.3, -0.25) is 0 Å². The van der Waals surface area contributed by atoms with Crippen molar-refractivity contribution in [1.29, 1.82) is 0 Å². The molecule has 0 amide bonds. The second kappa shape index (κ2) is 15.4. The van der Waals surface area contributed by atoms with E-state index in [0.29, 0.717) is 11.8 Å². The summed E-state index contributed by atoms with van der Waals surface area (Å²) >= 11 is 11.2. The molecule has 0 radical (unpaired) electrons. The van der Waals surface area contributed by atoms with Crippen LogP contribution in [0.3, 0.4) is 0 Å². The van der Waals surface area contributed by atoms with E-state index >= 15 is 0 Å². The lowest BCUT2D eigenvalue weighted by molar-refractivity contribution is 0.189. The fourth-order valence-corrected chi connectivity index (χ4v) is 6.38. The first-order chi connectivity index (χ1) is 10.4. The van der Waals surface area contributed by atoms with Crippen LogP contribution in [0.4, 0.5) is 0 Å². The van der Waals surface area contributed by atoms with Crippen LogP contribution in [0.25, 0.3) is 0 Å². The van der Waals surface area contributed by atoms with Crippen LogP contribution < -0.4 is 0 Å². The summed E-state index contributed by atoms with van der Waals surface area (Å²) in [4.78, 5) is 0. The highest BCUT2D eigenvalue weighted by atomic mass is 35.5. The fraction of sp³-hybridized carbons (Fsp3) is 1.00. The van der Waals surface area contributed by atoms with Crippen LogP contribution in [0.1, 0.15) is 26.7 Å². The molecular formula is C14H34Cl2O4Si2. The number of halogens is 2. The molecule has 0 spiro atoms. The zero-order valence-electron chi connectivity index (χ0n) is 15.0. The first-order valence-corrected chi connectivity index (χ1v) is 14.0. The lowest BCUT2D eigenvalue weighted by Crippen LogP contribution is -2.38. The highest BCUT2D eigenvalue weighted by Crippen LogP contribution is 2.16. The standard InChI is InChI=1S/C8H19ClO2Si.C6H15ClO2Si/c1-4-10-12(3,11-5-2)8-6-7-9;1-8-10(3,9-2)6-4-5-7/h4-8H2,1-3H3;4-6H2,1-3H3. The van der Waals surface area contributed by atoms with E-state index in [1.807, 2.05) is 20.4 Å². The summed E-state index contributed by atoms with van der Waals surface area (Å²) in [6, 6.07) is 1.97. The van der Waals surface area contributed by atoms with E-state index < -0.39 is 17.1 Å². The summed E-state index contributed by atoms with van der Waals surface area (Å²) in [5, 5.41) is 0. The minimum absolute atomic E-state index is 0.690. The van der Waals surface area contributed by atoms with Crippen molar-refractivity contribution in [2.45, 2.75) is 51.9 Å². The Bertz CT molecular complexity index is 239. The van der Waals surface area contributed by atoms with Gasteiger partial charge in [-0.1, -0.05) is 0 Å². The molecule has 0 aliphatic heterocycles. The molecule has 0 aromatic heterocycles. The predicted octanol–water partition coefficient (Wildman–Crippen LogP) is 4.74. The predicted molar refractivity (Wildman–Crippen MR) is 101 cm³/mol. The smallest absolute Gasteiger partial charge is 0.334 e. The van der Waals surface area contributed by atoms with Crippen molar-refractivity contribution in [1.82, 2.24) is 0 Å². The molecule has 136 valence electrons. The largest absolute Gasteiger partial charge is 0.398 e. The highest BCUT2D eigenvalue weighted by Gasteiger charge is 2.29. The second-order valence-electron chi connectivity index (χ2n) is 5.13. The van der Waals surface area contributed by atoms with E-state index in [0.717, 1.165) is 38.1 Å². The van der Waals surface area contributed by atoms with Gasteiger partial charge in [0.25, 0.3) is 0 Å². The Morgan fingerprint density at radius 1 is 0.727 bits per heavy atom.